The number of hydrogen-bond acceptors (Lipinski definition) is 5. The van der Waals surface area contributed by atoms with Gasteiger partial charge in [-0.2, -0.15) is 0 Å². The van der Waals surface area contributed by atoms with Gasteiger partial charge in [0.05, 0.1) is 12.8 Å². The maximum Gasteiger partial charge on any atom is 0.257 e. The van der Waals surface area contributed by atoms with Crippen molar-refractivity contribution < 1.29 is 14.3 Å². The lowest BCUT2D eigenvalue weighted by Gasteiger charge is -2.10. The Morgan fingerprint density at radius 1 is 1.30 bits per heavy atom. The van der Waals surface area contributed by atoms with Crippen LogP contribution in [-0.4, -0.2) is 24.6 Å². The van der Waals surface area contributed by atoms with E-state index < -0.39 is 0 Å². The summed E-state index contributed by atoms with van der Waals surface area (Å²) in [6.07, 6.45) is 1.64. The van der Waals surface area contributed by atoms with Crippen LogP contribution in [0.5, 0.6) is 11.5 Å². The molecule has 0 aliphatic carbocycles. The van der Waals surface area contributed by atoms with Gasteiger partial charge in [-0.3, -0.25) is 10.1 Å². The fourth-order valence-corrected chi connectivity index (χ4v) is 3.31. The van der Waals surface area contributed by atoms with Crippen LogP contribution in [0, 0.1) is 0 Å². The highest BCUT2D eigenvalue weighted by molar-refractivity contribution is 7.14. The van der Waals surface area contributed by atoms with Gasteiger partial charge in [0, 0.05) is 21.5 Å². The zero-order valence-electron chi connectivity index (χ0n) is 14.6. The van der Waals surface area contributed by atoms with E-state index >= 15 is 0 Å². The van der Waals surface area contributed by atoms with Gasteiger partial charge >= 0.3 is 0 Å². The fraction of sp³-hybridized carbons (Fsp3) is 0.100. The third-order valence-corrected chi connectivity index (χ3v) is 4.74. The van der Waals surface area contributed by atoms with Gasteiger partial charge in [0.2, 0.25) is 0 Å². The number of amides is 1. The van der Waals surface area contributed by atoms with E-state index in [1.807, 2.05) is 23.6 Å². The summed E-state index contributed by atoms with van der Waals surface area (Å²) in [4.78, 5) is 17.0. The second kappa shape index (κ2) is 8.70. The fourth-order valence-electron chi connectivity index (χ4n) is 2.37. The van der Waals surface area contributed by atoms with Crippen molar-refractivity contribution in [2.75, 3.05) is 19.0 Å². The Bertz CT molecular complexity index is 971. The number of methoxy groups -OCH3 is 1. The Kier molecular flexibility index (Phi) is 6.11. The molecule has 138 valence electrons. The molecule has 0 bridgehead atoms. The smallest absolute Gasteiger partial charge is 0.257 e. The molecular weight excluding hydrogens is 384 g/mol. The summed E-state index contributed by atoms with van der Waals surface area (Å²) in [6, 6.07) is 12.4. The monoisotopic (exact) mass is 400 g/mol. The van der Waals surface area contributed by atoms with Gasteiger partial charge in [-0.05, 0) is 24.3 Å². The number of aromatic nitrogens is 1. The van der Waals surface area contributed by atoms with Crippen molar-refractivity contribution in [2.24, 2.45) is 0 Å². The summed E-state index contributed by atoms with van der Waals surface area (Å²) >= 11 is 7.53. The van der Waals surface area contributed by atoms with Gasteiger partial charge in [0.15, 0.2) is 16.6 Å². The molecule has 7 heteroatoms. The average Bonchev–Trinajstić information content (AvgIpc) is 3.14. The van der Waals surface area contributed by atoms with Crippen molar-refractivity contribution in [3.05, 3.63) is 71.1 Å². The minimum absolute atomic E-state index is 0.288. The summed E-state index contributed by atoms with van der Waals surface area (Å²) in [5.41, 5.74) is 1.97. The molecule has 3 rings (SSSR count). The van der Waals surface area contributed by atoms with Crippen LogP contribution in [0.2, 0.25) is 5.02 Å². The first-order chi connectivity index (χ1) is 13.1. The molecular formula is C20H17ClN2O3S. The van der Waals surface area contributed by atoms with E-state index in [0.717, 1.165) is 5.56 Å². The minimum Gasteiger partial charge on any atom is -0.493 e. The van der Waals surface area contributed by atoms with Crippen LogP contribution in [0.1, 0.15) is 10.4 Å². The maximum atomic E-state index is 12.5. The third kappa shape index (κ3) is 4.48. The van der Waals surface area contributed by atoms with Crippen molar-refractivity contribution in [1.29, 1.82) is 0 Å². The zero-order chi connectivity index (χ0) is 19.2. The highest BCUT2D eigenvalue weighted by Crippen LogP contribution is 2.31. The highest BCUT2D eigenvalue weighted by Gasteiger charge is 2.14. The second-order valence-electron chi connectivity index (χ2n) is 5.44. The van der Waals surface area contributed by atoms with E-state index in [4.69, 9.17) is 21.1 Å². The van der Waals surface area contributed by atoms with E-state index in [1.165, 1.54) is 18.4 Å². The number of nitrogens with zero attached hydrogens (tertiary/aromatic N) is 1. The molecule has 3 aromatic rings. The van der Waals surface area contributed by atoms with Crippen LogP contribution in [-0.2, 0) is 0 Å². The first kappa shape index (κ1) is 18.9. The van der Waals surface area contributed by atoms with E-state index in [2.05, 4.69) is 16.9 Å². The van der Waals surface area contributed by atoms with Crippen LogP contribution >= 0.6 is 22.9 Å². The number of nitrogens with one attached hydrogen (secondary N) is 1. The molecule has 0 fully saturated rings. The molecule has 0 radical (unpaired) electrons. The van der Waals surface area contributed by atoms with Crippen molar-refractivity contribution in [3.63, 3.8) is 0 Å². The number of benzene rings is 2. The predicted molar refractivity (Wildman–Crippen MR) is 109 cm³/mol. The molecule has 0 saturated carbocycles. The molecule has 27 heavy (non-hydrogen) atoms. The molecule has 2 aromatic carbocycles. The number of carbonyl (C=O) groups is 1. The van der Waals surface area contributed by atoms with Crippen LogP contribution < -0.4 is 14.8 Å². The van der Waals surface area contributed by atoms with Gasteiger partial charge in [-0.25, -0.2) is 4.98 Å². The van der Waals surface area contributed by atoms with E-state index in [-0.39, 0.29) is 5.91 Å². The first-order valence-electron chi connectivity index (χ1n) is 8.06. The Morgan fingerprint density at radius 2 is 2.11 bits per heavy atom. The van der Waals surface area contributed by atoms with Crippen molar-refractivity contribution >= 4 is 34.0 Å². The number of anilines is 1. The third-order valence-electron chi connectivity index (χ3n) is 3.66. The van der Waals surface area contributed by atoms with Crippen molar-refractivity contribution in [2.45, 2.75) is 0 Å². The predicted octanol–water partition coefficient (Wildman–Crippen LogP) is 5.29. The molecule has 1 heterocycles. The van der Waals surface area contributed by atoms with E-state index in [1.54, 1.807) is 30.3 Å². The van der Waals surface area contributed by atoms with Crippen LogP contribution in [0.3, 0.4) is 0 Å². The summed E-state index contributed by atoms with van der Waals surface area (Å²) in [7, 11) is 1.52. The summed E-state index contributed by atoms with van der Waals surface area (Å²) in [6.45, 7) is 3.96. The number of carbonyl (C=O) groups excluding carboxylic acids is 1. The lowest BCUT2D eigenvalue weighted by atomic mass is 10.2. The highest BCUT2D eigenvalue weighted by atomic mass is 35.5. The van der Waals surface area contributed by atoms with E-state index in [9.17, 15) is 4.79 Å². The number of halogens is 1. The molecule has 0 spiro atoms. The standard InChI is InChI=1S/C20H17ClN2O3S/c1-3-10-26-17-9-8-13(11-18(17)25-2)19(24)23-20-22-16(12-27-20)14-6-4-5-7-15(14)21/h3-9,11-12H,1,10H2,2H3,(H,22,23,24). The zero-order valence-corrected chi connectivity index (χ0v) is 16.1. The lowest BCUT2D eigenvalue weighted by molar-refractivity contribution is 0.102. The van der Waals surface area contributed by atoms with Gasteiger partial charge in [0.1, 0.15) is 6.61 Å². The Hall–Kier alpha value is -2.83. The molecule has 0 unspecified atom stereocenters. The molecule has 1 amide bonds. The SMILES string of the molecule is C=CCOc1ccc(C(=O)Nc2nc(-c3ccccc3Cl)cs2)cc1OC. The lowest BCUT2D eigenvalue weighted by Crippen LogP contribution is -2.12. The molecule has 5 nitrogen and oxygen atoms in total. The topological polar surface area (TPSA) is 60.5 Å². The number of hydrogen-bond donors (Lipinski definition) is 1. The molecule has 1 N–H and O–H groups in total. The van der Waals surface area contributed by atoms with Crippen LogP contribution in [0.15, 0.2) is 60.5 Å². The van der Waals surface area contributed by atoms with Crippen LogP contribution in [0.25, 0.3) is 11.3 Å². The number of rotatable bonds is 7. The van der Waals surface area contributed by atoms with Gasteiger partial charge in [0.25, 0.3) is 5.91 Å². The molecule has 0 atom stereocenters. The number of thiazole rings is 1. The Balaban J connectivity index is 1.76. The van der Waals surface area contributed by atoms with Gasteiger partial charge in [-0.15, -0.1) is 11.3 Å². The molecule has 0 aliphatic heterocycles. The van der Waals surface area contributed by atoms with Gasteiger partial charge < -0.3 is 9.47 Å². The average molecular weight is 401 g/mol. The van der Waals surface area contributed by atoms with Crippen molar-refractivity contribution in [3.8, 4) is 22.8 Å². The summed E-state index contributed by atoms with van der Waals surface area (Å²) < 4.78 is 10.8. The van der Waals surface area contributed by atoms with Crippen LogP contribution in [0.4, 0.5) is 5.13 Å². The first-order valence-corrected chi connectivity index (χ1v) is 9.31. The summed E-state index contributed by atoms with van der Waals surface area (Å²) in [5.74, 6) is 0.730. The minimum atomic E-state index is -0.288. The Labute approximate surface area is 166 Å². The van der Waals surface area contributed by atoms with Gasteiger partial charge in [-0.1, -0.05) is 42.5 Å². The molecule has 0 saturated heterocycles. The normalized spacial score (nSPS) is 10.3. The summed E-state index contributed by atoms with van der Waals surface area (Å²) in [5, 5.41) is 5.74. The number of ether oxygens (including phenoxy) is 2. The Morgan fingerprint density at radius 3 is 2.85 bits per heavy atom. The molecule has 0 aliphatic rings. The second-order valence-corrected chi connectivity index (χ2v) is 6.70. The molecule has 1 aromatic heterocycles. The van der Waals surface area contributed by atoms with Crippen molar-refractivity contribution in [1.82, 2.24) is 4.98 Å². The van der Waals surface area contributed by atoms with E-state index in [0.29, 0.717) is 39.5 Å². The maximum absolute atomic E-state index is 12.5. The largest absolute Gasteiger partial charge is 0.493 e. The quantitative estimate of drug-likeness (QED) is 0.547.